The fourth-order valence-corrected chi connectivity index (χ4v) is 6.11. The molecule has 1 amide bonds. The van der Waals surface area contributed by atoms with Gasteiger partial charge >= 0.3 is 12.4 Å². The number of nitrogens with one attached hydrogen (secondary N) is 1. The number of pyridine rings is 1. The normalized spacial score (nSPS) is 19.6. The molecule has 2 aliphatic heterocycles. The molecule has 4 heterocycles. The molecule has 7 nitrogen and oxygen atoms in total. The molecule has 0 unspecified atom stereocenters. The first-order chi connectivity index (χ1) is 20.9. The van der Waals surface area contributed by atoms with Crippen molar-refractivity contribution >= 4 is 17.5 Å². The maximum Gasteiger partial charge on any atom is 0.433 e. The Bertz CT molecular complexity index is 1590. The van der Waals surface area contributed by atoms with Crippen LogP contribution >= 0.6 is 0 Å². The van der Waals surface area contributed by atoms with Crippen LogP contribution in [-0.4, -0.2) is 51.1 Å². The third kappa shape index (κ3) is 5.51. The summed E-state index contributed by atoms with van der Waals surface area (Å²) in [5.74, 6) is -4.25. The lowest BCUT2D eigenvalue weighted by atomic mass is 9.82. The number of aromatic nitrogens is 3. The van der Waals surface area contributed by atoms with Gasteiger partial charge in [0, 0.05) is 24.6 Å². The number of carbonyl (C=O) groups excluding carboxylic acids is 1. The fraction of sp³-hybridized carbons (Fsp3) is 0.323. The van der Waals surface area contributed by atoms with Crippen LogP contribution in [0.4, 0.5) is 38.0 Å². The maximum atomic E-state index is 14.6. The van der Waals surface area contributed by atoms with Crippen molar-refractivity contribution in [3.63, 3.8) is 0 Å². The van der Waals surface area contributed by atoms with Crippen LogP contribution in [0, 0.1) is 0 Å². The molecule has 0 radical (unpaired) electrons. The van der Waals surface area contributed by atoms with E-state index in [0.717, 1.165) is 6.07 Å². The van der Waals surface area contributed by atoms with Crippen LogP contribution in [0.5, 0.6) is 0 Å². The molecule has 0 aliphatic carbocycles. The van der Waals surface area contributed by atoms with E-state index in [0.29, 0.717) is 11.1 Å². The van der Waals surface area contributed by atoms with E-state index in [1.807, 2.05) is 24.3 Å². The van der Waals surface area contributed by atoms with Crippen molar-refractivity contribution < 1.29 is 36.2 Å². The summed E-state index contributed by atoms with van der Waals surface area (Å²) in [6.07, 6.45) is -11.4. The average Bonchev–Trinajstić information content (AvgIpc) is 3.35. The average molecular weight is 616 g/mol. The second kappa shape index (κ2) is 11.3. The Kier molecular flexibility index (Phi) is 7.60. The van der Waals surface area contributed by atoms with Crippen LogP contribution in [0.3, 0.4) is 0 Å². The zero-order valence-electron chi connectivity index (χ0n) is 23.1. The Hall–Kier alpha value is -4.39. The number of alkyl halides is 6. The Balaban J connectivity index is 1.44. The summed E-state index contributed by atoms with van der Waals surface area (Å²) in [5.41, 5.74) is 0.192. The Labute approximate surface area is 248 Å². The molecule has 6 rings (SSSR count). The largest absolute Gasteiger partial charge is 0.433 e. The van der Waals surface area contributed by atoms with Crippen LogP contribution in [0.2, 0.25) is 0 Å². The zero-order valence-corrected chi connectivity index (χ0v) is 23.1. The number of hydrogen-bond acceptors (Lipinski definition) is 5. The molecular formula is C31H27F6N5O2. The van der Waals surface area contributed by atoms with Crippen LogP contribution in [0.15, 0.2) is 78.9 Å². The van der Waals surface area contributed by atoms with Gasteiger partial charge in [-0.3, -0.25) is 4.79 Å². The van der Waals surface area contributed by atoms with Gasteiger partial charge in [0.15, 0.2) is 0 Å². The zero-order chi connectivity index (χ0) is 31.2. The second-order valence-corrected chi connectivity index (χ2v) is 10.9. The van der Waals surface area contributed by atoms with E-state index >= 15 is 0 Å². The molecule has 13 heteroatoms. The smallest absolute Gasteiger partial charge is 0.382 e. The first-order valence-corrected chi connectivity index (χ1v) is 14.0. The highest BCUT2D eigenvalue weighted by Gasteiger charge is 2.55. The molecule has 2 N–H and O–H groups in total. The van der Waals surface area contributed by atoms with Crippen molar-refractivity contribution in [2.24, 2.45) is 0 Å². The summed E-state index contributed by atoms with van der Waals surface area (Å²) in [7, 11) is 0. The summed E-state index contributed by atoms with van der Waals surface area (Å²) >= 11 is 0. The maximum absolute atomic E-state index is 14.6. The summed E-state index contributed by atoms with van der Waals surface area (Å²) < 4.78 is 84.9. The SMILES string of the molecule is O=C1Nc2c(c(C3CCN(c4cccc(C(F)(F)F)n4)CC3)nn2C(c2ccccc2)c2ccccc2)[C@H](C(F)(F)F)[C@@H]1O. The number of fused-ring (bicyclic) bond motifs is 1. The second-order valence-electron chi connectivity index (χ2n) is 10.9. The summed E-state index contributed by atoms with van der Waals surface area (Å²) in [6.45, 7) is 0.431. The quantitative estimate of drug-likeness (QED) is 0.259. The molecule has 2 aromatic carbocycles. The summed E-state index contributed by atoms with van der Waals surface area (Å²) in [4.78, 5) is 18.2. The lowest BCUT2D eigenvalue weighted by molar-refractivity contribution is -0.177. The van der Waals surface area contributed by atoms with E-state index in [1.165, 1.54) is 16.8 Å². The van der Waals surface area contributed by atoms with Gasteiger partial charge in [-0.2, -0.15) is 31.4 Å². The summed E-state index contributed by atoms with van der Waals surface area (Å²) in [6, 6.07) is 20.9. The predicted octanol–water partition coefficient (Wildman–Crippen LogP) is 6.28. The summed E-state index contributed by atoms with van der Waals surface area (Å²) in [5, 5.41) is 17.8. The van der Waals surface area contributed by atoms with Crippen molar-refractivity contribution in [2.45, 2.75) is 49.2 Å². The van der Waals surface area contributed by atoms with Crippen molar-refractivity contribution in [3.05, 3.63) is 107 Å². The molecular weight excluding hydrogens is 588 g/mol. The molecule has 2 aliphatic rings. The van der Waals surface area contributed by atoms with Crippen molar-refractivity contribution in [1.29, 1.82) is 0 Å². The number of halogens is 6. The van der Waals surface area contributed by atoms with Gasteiger partial charge in [-0.15, -0.1) is 0 Å². The Morgan fingerprint density at radius 3 is 1.98 bits per heavy atom. The van der Waals surface area contributed by atoms with E-state index in [-0.39, 0.29) is 48.8 Å². The number of anilines is 2. The molecule has 2 atom stereocenters. The van der Waals surface area contributed by atoms with E-state index in [4.69, 9.17) is 5.10 Å². The predicted molar refractivity (Wildman–Crippen MR) is 149 cm³/mol. The van der Waals surface area contributed by atoms with E-state index in [1.54, 1.807) is 41.3 Å². The third-order valence-corrected chi connectivity index (χ3v) is 8.17. The topological polar surface area (TPSA) is 83.3 Å². The van der Waals surface area contributed by atoms with E-state index in [9.17, 15) is 36.2 Å². The molecule has 0 spiro atoms. The monoisotopic (exact) mass is 615 g/mol. The van der Waals surface area contributed by atoms with E-state index < -0.39 is 47.9 Å². The highest BCUT2D eigenvalue weighted by Crippen LogP contribution is 2.49. The highest BCUT2D eigenvalue weighted by atomic mass is 19.4. The number of amides is 1. The van der Waals surface area contributed by atoms with Gasteiger partial charge in [0.25, 0.3) is 5.91 Å². The van der Waals surface area contributed by atoms with Crippen LogP contribution in [-0.2, 0) is 11.0 Å². The lowest BCUT2D eigenvalue weighted by Crippen LogP contribution is -2.45. The van der Waals surface area contributed by atoms with Gasteiger partial charge in [-0.1, -0.05) is 66.7 Å². The highest BCUT2D eigenvalue weighted by molar-refractivity contribution is 5.97. The van der Waals surface area contributed by atoms with Crippen molar-refractivity contribution in [2.75, 3.05) is 23.3 Å². The van der Waals surface area contributed by atoms with Crippen LogP contribution in [0.25, 0.3) is 0 Å². The van der Waals surface area contributed by atoms with Gasteiger partial charge in [0.05, 0.1) is 5.69 Å². The molecule has 1 saturated heterocycles. The molecule has 44 heavy (non-hydrogen) atoms. The van der Waals surface area contributed by atoms with Crippen molar-refractivity contribution in [3.8, 4) is 0 Å². The molecule has 230 valence electrons. The minimum Gasteiger partial charge on any atom is -0.382 e. The Morgan fingerprint density at radius 1 is 0.841 bits per heavy atom. The first kappa shape index (κ1) is 29.7. The Morgan fingerprint density at radius 2 is 1.43 bits per heavy atom. The fourth-order valence-electron chi connectivity index (χ4n) is 6.11. The number of nitrogens with zero attached hydrogens (tertiary/aromatic N) is 4. The number of benzene rings is 2. The molecule has 1 fully saturated rings. The van der Waals surface area contributed by atoms with Crippen molar-refractivity contribution in [1.82, 2.24) is 14.8 Å². The minimum atomic E-state index is -4.97. The molecule has 0 bridgehead atoms. The van der Waals surface area contributed by atoms with Gasteiger partial charge in [0.2, 0.25) is 0 Å². The number of piperidine rings is 1. The van der Waals surface area contributed by atoms with Gasteiger partial charge in [-0.25, -0.2) is 9.67 Å². The van der Waals surface area contributed by atoms with E-state index in [2.05, 4.69) is 10.3 Å². The standard InChI is InChI=1S/C31H27F6N5O2/c32-30(33,34)21-12-7-13-22(38-21)41-16-14-18(15-17-41)25-23-24(31(35,36)37)27(43)29(44)39-28(23)42(40-25)26(19-8-3-1-4-9-19)20-10-5-2-6-11-20/h1-13,18,24,26-27,43H,14-17H2,(H,39,44)/t24-,27-/m0/s1. The molecule has 0 saturated carbocycles. The molecule has 2 aromatic heterocycles. The number of hydrogen-bond donors (Lipinski definition) is 2. The number of rotatable bonds is 5. The van der Waals surface area contributed by atoms with Gasteiger partial charge in [-0.05, 0) is 36.1 Å². The van der Waals surface area contributed by atoms with Gasteiger partial charge < -0.3 is 15.3 Å². The first-order valence-electron chi connectivity index (χ1n) is 14.0. The third-order valence-electron chi connectivity index (χ3n) is 8.17. The lowest BCUT2D eigenvalue weighted by Gasteiger charge is -2.34. The number of aliphatic hydroxyl groups excluding tert-OH is 1. The van der Waals surface area contributed by atoms with Crippen LogP contribution in [0.1, 0.15) is 58.8 Å². The number of aliphatic hydroxyl groups is 1. The van der Waals surface area contributed by atoms with Crippen LogP contribution < -0.4 is 10.2 Å². The minimum absolute atomic E-state index is 0.0925. The van der Waals surface area contributed by atoms with Gasteiger partial charge in [0.1, 0.15) is 35.4 Å². The number of carbonyl (C=O) groups is 1. The molecule has 4 aromatic rings.